The van der Waals surface area contributed by atoms with E-state index in [0.717, 1.165) is 18.6 Å². The van der Waals surface area contributed by atoms with Crippen LogP contribution in [0.1, 0.15) is 36.0 Å². The van der Waals surface area contributed by atoms with E-state index in [1.54, 1.807) is 24.3 Å². The van der Waals surface area contributed by atoms with Gasteiger partial charge in [0.2, 0.25) is 0 Å². The molecule has 1 saturated carbocycles. The fourth-order valence-corrected chi connectivity index (χ4v) is 3.96. The molecule has 6 nitrogen and oxygen atoms in total. The van der Waals surface area contributed by atoms with Gasteiger partial charge in [0.15, 0.2) is 0 Å². The Labute approximate surface area is 153 Å². The summed E-state index contributed by atoms with van der Waals surface area (Å²) in [4.78, 5) is 11.5. The molecule has 0 heterocycles. The van der Waals surface area contributed by atoms with E-state index in [9.17, 15) is 13.2 Å². The second kappa shape index (κ2) is 7.78. The van der Waals surface area contributed by atoms with Crippen LogP contribution in [0.2, 0.25) is 0 Å². The molecule has 0 unspecified atom stereocenters. The lowest BCUT2D eigenvalue weighted by Crippen LogP contribution is -2.14. The fourth-order valence-electron chi connectivity index (χ4n) is 2.90. The van der Waals surface area contributed by atoms with E-state index in [1.807, 2.05) is 0 Å². The first-order valence-electron chi connectivity index (χ1n) is 8.46. The molecule has 1 aliphatic rings. The minimum Gasteiger partial charge on any atom is -0.490 e. The number of esters is 1. The van der Waals surface area contributed by atoms with Gasteiger partial charge < -0.3 is 9.47 Å². The van der Waals surface area contributed by atoms with E-state index in [1.165, 1.54) is 44.2 Å². The Hall–Kier alpha value is -2.54. The van der Waals surface area contributed by atoms with Crippen molar-refractivity contribution < 1.29 is 22.7 Å². The van der Waals surface area contributed by atoms with Gasteiger partial charge in [0.05, 0.1) is 23.7 Å². The number of carbonyl (C=O) groups is 1. The Kier molecular flexibility index (Phi) is 5.46. The van der Waals surface area contributed by atoms with Gasteiger partial charge in [0.1, 0.15) is 5.75 Å². The van der Waals surface area contributed by atoms with Gasteiger partial charge in [-0.2, -0.15) is 0 Å². The van der Waals surface area contributed by atoms with E-state index < -0.39 is 16.0 Å². The molecule has 7 heteroatoms. The van der Waals surface area contributed by atoms with Crippen LogP contribution in [0.4, 0.5) is 5.69 Å². The van der Waals surface area contributed by atoms with Crippen LogP contribution in [0.25, 0.3) is 0 Å². The number of hydrogen-bond acceptors (Lipinski definition) is 5. The normalized spacial score (nSPS) is 14.8. The van der Waals surface area contributed by atoms with Gasteiger partial charge in [0.25, 0.3) is 10.0 Å². The molecule has 2 aromatic carbocycles. The highest BCUT2D eigenvalue weighted by Crippen LogP contribution is 2.25. The predicted molar refractivity (Wildman–Crippen MR) is 97.9 cm³/mol. The van der Waals surface area contributed by atoms with Gasteiger partial charge in [0, 0.05) is 5.69 Å². The molecule has 0 bridgehead atoms. The first kappa shape index (κ1) is 18.3. The number of methoxy groups -OCH3 is 1. The van der Waals surface area contributed by atoms with E-state index in [0.29, 0.717) is 11.3 Å². The van der Waals surface area contributed by atoms with Crippen LogP contribution in [0, 0.1) is 0 Å². The zero-order valence-electron chi connectivity index (χ0n) is 14.5. The maximum atomic E-state index is 12.5. The number of ether oxygens (including phenoxy) is 2. The second-order valence-corrected chi connectivity index (χ2v) is 7.85. The molecule has 0 saturated heterocycles. The highest BCUT2D eigenvalue weighted by atomic mass is 32.2. The molecule has 0 aliphatic heterocycles. The molecule has 2 aromatic rings. The SMILES string of the molecule is COC(=O)c1ccc(S(=O)(=O)Nc2ccc(OC3CCCC3)cc2)cc1. The monoisotopic (exact) mass is 375 g/mol. The lowest BCUT2D eigenvalue weighted by Gasteiger charge is -2.14. The van der Waals surface area contributed by atoms with Crippen LogP contribution < -0.4 is 9.46 Å². The largest absolute Gasteiger partial charge is 0.490 e. The Morgan fingerprint density at radius 2 is 1.62 bits per heavy atom. The molecule has 0 radical (unpaired) electrons. The maximum absolute atomic E-state index is 12.5. The lowest BCUT2D eigenvalue weighted by molar-refractivity contribution is 0.0600. The molecular formula is C19H21NO5S. The van der Waals surface area contributed by atoms with Crippen molar-refractivity contribution in [2.75, 3.05) is 11.8 Å². The van der Waals surface area contributed by atoms with E-state index in [-0.39, 0.29) is 11.0 Å². The van der Waals surface area contributed by atoms with E-state index in [4.69, 9.17) is 4.74 Å². The molecule has 1 N–H and O–H groups in total. The van der Waals surface area contributed by atoms with Gasteiger partial charge in [-0.1, -0.05) is 0 Å². The summed E-state index contributed by atoms with van der Waals surface area (Å²) in [7, 11) is -2.47. The number of nitrogens with one attached hydrogen (secondary N) is 1. The Bertz CT molecular complexity index is 854. The number of anilines is 1. The summed E-state index contributed by atoms with van der Waals surface area (Å²) in [5.41, 5.74) is 0.737. The van der Waals surface area contributed by atoms with Crippen LogP contribution in [-0.4, -0.2) is 27.6 Å². The van der Waals surface area contributed by atoms with E-state index in [2.05, 4.69) is 9.46 Å². The van der Waals surface area contributed by atoms with Crippen molar-refractivity contribution in [2.45, 2.75) is 36.7 Å². The van der Waals surface area contributed by atoms with Gasteiger partial charge >= 0.3 is 5.97 Å². The van der Waals surface area contributed by atoms with Gasteiger partial charge in [-0.15, -0.1) is 0 Å². The van der Waals surface area contributed by atoms with Gasteiger partial charge in [-0.3, -0.25) is 4.72 Å². The first-order chi connectivity index (χ1) is 12.5. The van der Waals surface area contributed by atoms with Crippen molar-refractivity contribution in [3.63, 3.8) is 0 Å². The van der Waals surface area contributed by atoms with Crippen molar-refractivity contribution >= 4 is 21.7 Å². The predicted octanol–water partition coefficient (Wildman–Crippen LogP) is 3.60. The molecule has 0 amide bonds. The number of hydrogen-bond donors (Lipinski definition) is 1. The summed E-state index contributed by atoms with van der Waals surface area (Å²) >= 11 is 0. The summed E-state index contributed by atoms with van der Waals surface area (Å²) in [6.07, 6.45) is 4.77. The van der Waals surface area contributed by atoms with Crippen LogP contribution in [0.5, 0.6) is 5.75 Å². The van der Waals surface area contributed by atoms with Crippen LogP contribution in [-0.2, 0) is 14.8 Å². The molecule has 0 atom stereocenters. The van der Waals surface area contributed by atoms with Crippen LogP contribution >= 0.6 is 0 Å². The van der Waals surface area contributed by atoms with Crippen molar-refractivity contribution in [3.05, 3.63) is 54.1 Å². The second-order valence-electron chi connectivity index (χ2n) is 6.17. The highest BCUT2D eigenvalue weighted by Gasteiger charge is 2.17. The summed E-state index contributed by atoms with van der Waals surface area (Å²) in [5, 5.41) is 0. The molecule has 1 aliphatic carbocycles. The number of carbonyl (C=O) groups excluding carboxylic acids is 1. The number of benzene rings is 2. The average Bonchev–Trinajstić information content (AvgIpc) is 3.15. The van der Waals surface area contributed by atoms with Gasteiger partial charge in [-0.25, -0.2) is 13.2 Å². The summed E-state index contributed by atoms with van der Waals surface area (Å²) in [6, 6.07) is 12.4. The van der Waals surface area contributed by atoms with Crippen molar-refractivity contribution in [2.24, 2.45) is 0 Å². The number of rotatable bonds is 6. The molecule has 1 fully saturated rings. The zero-order chi connectivity index (χ0) is 18.6. The maximum Gasteiger partial charge on any atom is 0.337 e. The molecule has 26 heavy (non-hydrogen) atoms. The number of sulfonamides is 1. The lowest BCUT2D eigenvalue weighted by atomic mass is 10.2. The molecule has 0 aromatic heterocycles. The summed E-state index contributed by atoms with van der Waals surface area (Å²) in [6.45, 7) is 0. The van der Waals surface area contributed by atoms with Crippen molar-refractivity contribution in [1.29, 1.82) is 0 Å². The summed E-state index contributed by atoms with van der Waals surface area (Å²) < 4.78 is 37.9. The average molecular weight is 375 g/mol. The molecular weight excluding hydrogens is 354 g/mol. The fraction of sp³-hybridized carbons (Fsp3) is 0.316. The topological polar surface area (TPSA) is 81.7 Å². The smallest absolute Gasteiger partial charge is 0.337 e. The minimum absolute atomic E-state index is 0.0661. The third kappa shape index (κ3) is 4.35. The minimum atomic E-state index is -3.74. The third-order valence-corrected chi connectivity index (χ3v) is 5.69. The molecule has 3 rings (SSSR count). The van der Waals surface area contributed by atoms with Crippen molar-refractivity contribution in [3.8, 4) is 5.75 Å². The molecule has 138 valence electrons. The summed E-state index contributed by atoms with van der Waals surface area (Å²) in [5.74, 6) is 0.224. The Morgan fingerprint density at radius 3 is 2.19 bits per heavy atom. The van der Waals surface area contributed by atoms with Crippen molar-refractivity contribution in [1.82, 2.24) is 0 Å². The van der Waals surface area contributed by atoms with Crippen LogP contribution in [0.15, 0.2) is 53.4 Å². The highest BCUT2D eigenvalue weighted by molar-refractivity contribution is 7.92. The van der Waals surface area contributed by atoms with Crippen LogP contribution in [0.3, 0.4) is 0 Å². The zero-order valence-corrected chi connectivity index (χ0v) is 15.3. The standard InChI is InChI=1S/C19H21NO5S/c1-24-19(21)14-6-12-18(13-7-14)26(22,23)20-15-8-10-17(11-9-15)25-16-4-2-3-5-16/h6-13,16,20H,2-5H2,1H3. The Morgan fingerprint density at radius 1 is 1.00 bits per heavy atom. The first-order valence-corrected chi connectivity index (χ1v) is 9.94. The van der Waals surface area contributed by atoms with E-state index >= 15 is 0 Å². The Balaban J connectivity index is 1.67. The molecule has 0 spiro atoms. The van der Waals surface area contributed by atoms with Gasteiger partial charge in [-0.05, 0) is 74.2 Å². The third-order valence-electron chi connectivity index (χ3n) is 4.30. The quantitative estimate of drug-likeness (QED) is 0.780.